The van der Waals surface area contributed by atoms with Gasteiger partial charge in [0.15, 0.2) is 0 Å². The molecule has 0 rings (SSSR count). The molecule has 0 aliphatic heterocycles. The molecule has 0 heterocycles. The minimum atomic E-state index is -0.257. The molecule has 0 saturated heterocycles. The maximum absolute atomic E-state index is 11.6. The molecule has 3 nitrogen and oxygen atoms in total. The third-order valence-corrected chi connectivity index (χ3v) is 2.68. The van der Waals surface area contributed by atoms with Gasteiger partial charge in [-0.15, -0.1) is 0 Å². The van der Waals surface area contributed by atoms with Crippen LogP contribution in [-0.2, 0) is 14.3 Å². The van der Waals surface area contributed by atoms with Crippen molar-refractivity contribution in [1.29, 1.82) is 0 Å². The summed E-state index contributed by atoms with van der Waals surface area (Å²) < 4.78 is 10.9. The zero-order valence-corrected chi connectivity index (χ0v) is 13.0. The van der Waals surface area contributed by atoms with Gasteiger partial charge < -0.3 is 9.47 Å². The molecule has 0 aromatic rings. The maximum Gasteiger partial charge on any atom is 0.140 e. The highest BCUT2D eigenvalue weighted by Gasteiger charge is 2.20. The molecule has 0 saturated carbocycles. The van der Waals surface area contributed by atoms with Crippen molar-refractivity contribution in [3.63, 3.8) is 0 Å². The first-order valence-electron chi connectivity index (χ1n) is 6.82. The minimum absolute atomic E-state index is 0.246. The lowest BCUT2D eigenvalue weighted by molar-refractivity contribution is -0.127. The Balaban J connectivity index is 3.35. The van der Waals surface area contributed by atoms with Crippen molar-refractivity contribution in [3.8, 4) is 0 Å². The van der Waals surface area contributed by atoms with Gasteiger partial charge >= 0.3 is 0 Å². The fourth-order valence-electron chi connectivity index (χ4n) is 1.24. The second-order valence-corrected chi connectivity index (χ2v) is 6.96. The summed E-state index contributed by atoms with van der Waals surface area (Å²) in [5, 5.41) is 0. The van der Waals surface area contributed by atoms with Crippen molar-refractivity contribution in [2.75, 3.05) is 26.4 Å². The molecule has 0 aromatic heterocycles. The summed E-state index contributed by atoms with van der Waals surface area (Å²) >= 11 is 0. The van der Waals surface area contributed by atoms with E-state index in [0.717, 1.165) is 13.0 Å². The van der Waals surface area contributed by atoms with Crippen molar-refractivity contribution in [3.05, 3.63) is 0 Å². The maximum atomic E-state index is 11.6. The number of hydrogen-bond donors (Lipinski definition) is 0. The number of hydrogen-bond acceptors (Lipinski definition) is 3. The van der Waals surface area contributed by atoms with Crippen LogP contribution in [0, 0.1) is 10.8 Å². The molecule has 0 atom stereocenters. The van der Waals surface area contributed by atoms with E-state index in [1.165, 1.54) is 0 Å². The second kappa shape index (κ2) is 7.90. The van der Waals surface area contributed by atoms with Gasteiger partial charge in [0.1, 0.15) is 5.78 Å². The van der Waals surface area contributed by atoms with E-state index in [4.69, 9.17) is 9.47 Å². The van der Waals surface area contributed by atoms with E-state index in [9.17, 15) is 4.79 Å². The predicted octanol–water partition coefficient (Wildman–Crippen LogP) is 3.46. The third-order valence-electron chi connectivity index (χ3n) is 2.68. The molecular formula is C15H30O3. The van der Waals surface area contributed by atoms with Gasteiger partial charge in [0.2, 0.25) is 0 Å². The van der Waals surface area contributed by atoms with Gasteiger partial charge in [-0.05, 0) is 11.8 Å². The van der Waals surface area contributed by atoms with Gasteiger partial charge in [0.05, 0.1) is 19.8 Å². The highest BCUT2D eigenvalue weighted by molar-refractivity contribution is 5.83. The van der Waals surface area contributed by atoms with Gasteiger partial charge in [0.25, 0.3) is 0 Å². The van der Waals surface area contributed by atoms with Crippen LogP contribution in [0.5, 0.6) is 0 Å². The second-order valence-electron chi connectivity index (χ2n) is 6.96. The van der Waals surface area contributed by atoms with Crippen LogP contribution < -0.4 is 0 Å². The number of Topliss-reactive ketones (excluding diaryl/α,β-unsaturated/α-hetero) is 1. The molecule has 0 fully saturated rings. The fourth-order valence-corrected chi connectivity index (χ4v) is 1.24. The van der Waals surface area contributed by atoms with Gasteiger partial charge in [-0.2, -0.15) is 0 Å². The van der Waals surface area contributed by atoms with Crippen LogP contribution in [0.2, 0.25) is 0 Å². The summed E-state index contributed by atoms with van der Waals surface area (Å²) in [6.45, 7) is 14.9. The van der Waals surface area contributed by atoms with E-state index in [0.29, 0.717) is 31.7 Å². The first-order valence-corrected chi connectivity index (χ1v) is 6.82. The number of ether oxygens (including phenoxy) is 2. The normalized spacial score (nSPS) is 12.8. The SMILES string of the molecule is CC(C)(C)CCOCCOCCC(=O)C(C)(C)C. The predicted molar refractivity (Wildman–Crippen MR) is 74.8 cm³/mol. The first kappa shape index (κ1) is 17.6. The fraction of sp³-hybridized carbons (Fsp3) is 0.933. The Hall–Kier alpha value is -0.410. The Bertz CT molecular complexity index is 233. The van der Waals surface area contributed by atoms with Crippen LogP contribution in [0.3, 0.4) is 0 Å². The Kier molecular flexibility index (Phi) is 7.72. The zero-order valence-electron chi connectivity index (χ0n) is 13.0. The molecule has 0 N–H and O–H groups in total. The first-order chi connectivity index (χ1) is 8.13. The summed E-state index contributed by atoms with van der Waals surface area (Å²) in [4.78, 5) is 11.6. The molecular weight excluding hydrogens is 228 g/mol. The molecule has 0 aliphatic rings. The zero-order chi connectivity index (χ0) is 14.2. The lowest BCUT2D eigenvalue weighted by Gasteiger charge is -2.18. The van der Waals surface area contributed by atoms with Crippen LogP contribution in [0.15, 0.2) is 0 Å². The standard InChI is InChI=1S/C15H30O3/c1-14(2,3)8-10-18-12-11-17-9-7-13(16)15(4,5)6/h7-12H2,1-6H3. The van der Waals surface area contributed by atoms with Gasteiger partial charge in [-0.3, -0.25) is 4.79 Å². The molecule has 0 bridgehead atoms. The minimum Gasteiger partial charge on any atom is -0.379 e. The molecule has 0 aromatic carbocycles. The smallest absolute Gasteiger partial charge is 0.140 e. The Morgan fingerprint density at radius 2 is 1.33 bits per heavy atom. The summed E-state index contributed by atoms with van der Waals surface area (Å²) in [7, 11) is 0. The summed E-state index contributed by atoms with van der Waals surface area (Å²) in [5.74, 6) is 0.246. The van der Waals surface area contributed by atoms with E-state index < -0.39 is 0 Å². The molecule has 0 spiro atoms. The van der Waals surface area contributed by atoms with Gasteiger partial charge in [-0.1, -0.05) is 41.5 Å². The van der Waals surface area contributed by atoms with Crippen molar-refractivity contribution < 1.29 is 14.3 Å². The molecule has 0 radical (unpaired) electrons. The number of rotatable bonds is 8. The summed E-state index contributed by atoms with van der Waals surface area (Å²) in [6, 6.07) is 0. The molecule has 108 valence electrons. The van der Waals surface area contributed by atoms with Crippen LogP contribution in [-0.4, -0.2) is 32.2 Å². The highest BCUT2D eigenvalue weighted by atomic mass is 16.5. The monoisotopic (exact) mass is 258 g/mol. The Labute approximate surface area is 112 Å². The van der Waals surface area contributed by atoms with Crippen LogP contribution in [0.25, 0.3) is 0 Å². The van der Waals surface area contributed by atoms with Crippen molar-refractivity contribution in [2.45, 2.75) is 54.4 Å². The van der Waals surface area contributed by atoms with Crippen LogP contribution >= 0.6 is 0 Å². The molecule has 0 unspecified atom stereocenters. The molecule has 0 aliphatic carbocycles. The Morgan fingerprint density at radius 3 is 1.78 bits per heavy atom. The molecule has 0 amide bonds. The van der Waals surface area contributed by atoms with Crippen LogP contribution in [0.1, 0.15) is 54.4 Å². The van der Waals surface area contributed by atoms with Gasteiger partial charge in [-0.25, -0.2) is 0 Å². The van der Waals surface area contributed by atoms with Crippen molar-refractivity contribution in [2.24, 2.45) is 10.8 Å². The average Bonchev–Trinajstić information content (AvgIpc) is 2.18. The van der Waals surface area contributed by atoms with Crippen molar-refractivity contribution >= 4 is 5.78 Å². The van der Waals surface area contributed by atoms with Crippen molar-refractivity contribution in [1.82, 2.24) is 0 Å². The summed E-state index contributed by atoms with van der Waals surface area (Å²) in [5.41, 5.74) is 0.0621. The lowest BCUT2D eigenvalue weighted by Crippen LogP contribution is -2.21. The number of carbonyl (C=O) groups excluding carboxylic acids is 1. The number of carbonyl (C=O) groups is 1. The van der Waals surface area contributed by atoms with Gasteiger partial charge in [0, 0.05) is 18.4 Å². The quantitative estimate of drug-likeness (QED) is 0.625. The van der Waals surface area contributed by atoms with E-state index in [-0.39, 0.29) is 11.2 Å². The topological polar surface area (TPSA) is 35.5 Å². The number of ketones is 1. The van der Waals surface area contributed by atoms with E-state index in [1.807, 2.05) is 20.8 Å². The molecule has 18 heavy (non-hydrogen) atoms. The molecule has 3 heteroatoms. The summed E-state index contributed by atoms with van der Waals surface area (Å²) in [6.07, 6.45) is 1.54. The average molecular weight is 258 g/mol. The highest BCUT2D eigenvalue weighted by Crippen LogP contribution is 2.18. The Morgan fingerprint density at radius 1 is 0.833 bits per heavy atom. The van der Waals surface area contributed by atoms with E-state index >= 15 is 0 Å². The largest absolute Gasteiger partial charge is 0.379 e. The van der Waals surface area contributed by atoms with E-state index in [2.05, 4.69) is 20.8 Å². The van der Waals surface area contributed by atoms with Crippen LogP contribution in [0.4, 0.5) is 0 Å². The third kappa shape index (κ3) is 10.7. The van der Waals surface area contributed by atoms with E-state index in [1.54, 1.807) is 0 Å². The lowest BCUT2D eigenvalue weighted by atomic mass is 9.89.